The number of nitrogens with zero attached hydrogens (tertiary/aromatic N) is 2. The van der Waals surface area contributed by atoms with Crippen LogP contribution in [0.15, 0.2) is 9.95 Å². The molecule has 0 aliphatic carbocycles. The topological polar surface area (TPSA) is 59.9 Å². The monoisotopic (exact) mass is 335 g/mol. The van der Waals surface area contributed by atoms with Crippen molar-refractivity contribution in [2.24, 2.45) is 5.41 Å². The van der Waals surface area contributed by atoms with Gasteiger partial charge in [0.05, 0.1) is 0 Å². The Bertz CT molecular complexity index is 440. The van der Waals surface area contributed by atoms with Crippen molar-refractivity contribution in [3.05, 3.63) is 10.5 Å². The Morgan fingerprint density at radius 2 is 2.28 bits per heavy atom. The molecule has 1 aromatic rings. The lowest BCUT2D eigenvalue weighted by atomic mass is 9.85. The highest BCUT2D eigenvalue weighted by atomic mass is 79.9. The molecule has 18 heavy (non-hydrogen) atoms. The molecular formula is C11H18BrN3O2S. The van der Waals surface area contributed by atoms with E-state index in [2.05, 4.69) is 26.1 Å². The number of alkyl halides is 1. The minimum atomic E-state index is -0.125. The van der Waals surface area contributed by atoms with Crippen LogP contribution >= 0.6 is 27.7 Å². The van der Waals surface area contributed by atoms with Crippen LogP contribution in [0.3, 0.4) is 0 Å². The average Bonchev–Trinajstić information content (AvgIpc) is 2.78. The predicted molar refractivity (Wildman–Crippen MR) is 75.5 cm³/mol. The Kier molecular flexibility index (Phi) is 4.91. The molecule has 0 aromatic carbocycles. The van der Waals surface area contributed by atoms with Gasteiger partial charge in [0, 0.05) is 30.8 Å². The minimum Gasteiger partial charge on any atom is -0.381 e. The Morgan fingerprint density at radius 1 is 1.56 bits per heavy atom. The molecule has 0 spiro atoms. The van der Waals surface area contributed by atoms with Crippen molar-refractivity contribution in [3.63, 3.8) is 0 Å². The summed E-state index contributed by atoms with van der Waals surface area (Å²) in [4.78, 5) is 11.5. The third-order valence-corrected chi connectivity index (χ3v) is 5.90. The minimum absolute atomic E-state index is 0.125. The van der Waals surface area contributed by atoms with E-state index in [1.54, 1.807) is 16.3 Å². The van der Waals surface area contributed by atoms with Gasteiger partial charge in [-0.3, -0.25) is 4.57 Å². The molecule has 0 unspecified atom stereocenters. The lowest BCUT2D eigenvalue weighted by Crippen LogP contribution is -2.33. The normalized spacial score (nSPS) is 19.0. The molecule has 5 nitrogen and oxygen atoms in total. The summed E-state index contributed by atoms with van der Waals surface area (Å²) in [6.45, 7) is 4.26. The summed E-state index contributed by atoms with van der Waals surface area (Å²) in [5, 5.41) is 8.34. The fourth-order valence-electron chi connectivity index (χ4n) is 2.03. The van der Waals surface area contributed by atoms with Crippen molar-refractivity contribution in [2.45, 2.75) is 31.5 Å². The van der Waals surface area contributed by atoms with Gasteiger partial charge in [0.2, 0.25) is 0 Å². The molecule has 0 radical (unpaired) electrons. The Labute approximate surface area is 119 Å². The molecular weight excluding hydrogens is 318 g/mol. The highest BCUT2D eigenvalue weighted by Crippen LogP contribution is 2.37. The predicted octanol–water partition coefficient (Wildman–Crippen LogP) is 1.88. The SMILES string of the molecule is CCn1c(SCC2(CBr)CCOCC2)n[nH]c1=O. The molecule has 1 aliphatic rings. The van der Waals surface area contributed by atoms with E-state index < -0.39 is 0 Å². The quantitative estimate of drug-likeness (QED) is 0.659. The van der Waals surface area contributed by atoms with E-state index in [4.69, 9.17) is 4.74 Å². The molecule has 1 N–H and O–H groups in total. The van der Waals surface area contributed by atoms with Crippen LogP contribution in [0.4, 0.5) is 0 Å². The van der Waals surface area contributed by atoms with Gasteiger partial charge < -0.3 is 4.74 Å². The standard InChI is InChI=1S/C11H18BrN3O2S/c1-2-15-9(16)13-14-10(15)18-8-11(7-12)3-5-17-6-4-11/h2-8H2,1H3,(H,13,16). The molecule has 7 heteroatoms. The van der Waals surface area contributed by atoms with Crippen molar-refractivity contribution in [1.82, 2.24) is 14.8 Å². The van der Waals surface area contributed by atoms with Gasteiger partial charge in [0.1, 0.15) is 0 Å². The summed E-state index contributed by atoms with van der Waals surface area (Å²) in [5.41, 5.74) is 0.135. The number of ether oxygens (including phenoxy) is 1. The number of rotatable bonds is 5. The Morgan fingerprint density at radius 3 is 2.89 bits per heavy atom. The maximum absolute atomic E-state index is 11.5. The number of halogens is 1. The first kappa shape index (κ1) is 14.1. The third kappa shape index (κ3) is 3.00. The second-order valence-corrected chi connectivity index (χ2v) is 6.09. The molecule has 0 atom stereocenters. The first-order valence-electron chi connectivity index (χ1n) is 6.12. The van der Waals surface area contributed by atoms with E-state index >= 15 is 0 Å². The molecule has 2 rings (SSSR count). The van der Waals surface area contributed by atoms with Gasteiger partial charge in [0.25, 0.3) is 0 Å². The van der Waals surface area contributed by atoms with Crippen LogP contribution in [0.25, 0.3) is 0 Å². The smallest absolute Gasteiger partial charge is 0.343 e. The van der Waals surface area contributed by atoms with E-state index in [1.807, 2.05) is 6.92 Å². The van der Waals surface area contributed by atoms with Gasteiger partial charge in [-0.05, 0) is 25.2 Å². The largest absolute Gasteiger partial charge is 0.381 e. The molecule has 1 fully saturated rings. The van der Waals surface area contributed by atoms with Crippen molar-refractivity contribution in [2.75, 3.05) is 24.3 Å². The van der Waals surface area contributed by atoms with Crippen LogP contribution in [-0.2, 0) is 11.3 Å². The fraction of sp³-hybridized carbons (Fsp3) is 0.818. The highest BCUT2D eigenvalue weighted by Gasteiger charge is 2.32. The zero-order valence-corrected chi connectivity index (χ0v) is 12.8. The summed E-state index contributed by atoms with van der Waals surface area (Å²) in [7, 11) is 0. The summed E-state index contributed by atoms with van der Waals surface area (Å²) in [6.07, 6.45) is 2.12. The van der Waals surface area contributed by atoms with E-state index in [-0.39, 0.29) is 11.1 Å². The Hall–Kier alpha value is -0.270. The number of aromatic amines is 1. The maximum atomic E-state index is 11.5. The summed E-state index contributed by atoms with van der Waals surface area (Å²) < 4.78 is 7.09. The van der Waals surface area contributed by atoms with Crippen molar-refractivity contribution in [3.8, 4) is 0 Å². The van der Waals surface area contributed by atoms with Gasteiger partial charge in [-0.15, -0.1) is 5.10 Å². The number of thioether (sulfide) groups is 1. The molecule has 0 saturated carbocycles. The highest BCUT2D eigenvalue weighted by molar-refractivity contribution is 9.09. The maximum Gasteiger partial charge on any atom is 0.343 e. The van der Waals surface area contributed by atoms with Gasteiger partial charge in [0.15, 0.2) is 5.16 Å². The summed E-state index contributed by atoms with van der Waals surface area (Å²) in [6, 6.07) is 0. The third-order valence-electron chi connectivity index (χ3n) is 3.38. The van der Waals surface area contributed by atoms with Crippen LogP contribution in [0.2, 0.25) is 0 Å². The van der Waals surface area contributed by atoms with Gasteiger partial charge >= 0.3 is 5.69 Å². The lowest BCUT2D eigenvalue weighted by molar-refractivity contribution is 0.0374. The molecule has 0 bridgehead atoms. The number of aromatic nitrogens is 3. The van der Waals surface area contributed by atoms with E-state index in [0.717, 1.165) is 42.3 Å². The van der Waals surface area contributed by atoms with Crippen LogP contribution in [0.5, 0.6) is 0 Å². The van der Waals surface area contributed by atoms with E-state index in [1.165, 1.54) is 0 Å². The Balaban J connectivity index is 2.03. The zero-order valence-electron chi connectivity index (χ0n) is 10.4. The average molecular weight is 336 g/mol. The van der Waals surface area contributed by atoms with Crippen LogP contribution in [0, 0.1) is 5.41 Å². The second kappa shape index (κ2) is 6.25. The fourth-order valence-corrected chi connectivity index (χ4v) is 4.36. The first-order chi connectivity index (χ1) is 8.71. The molecule has 0 amide bonds. The molecule has 1 saturated heterocycles. The molecule has 1 aromatic heterocycles. The van der Waals surface area contributed by atoms with Crippen molar-refractivity contribution in [1.29, 1.82) is 0 Å². The lowest BCUT2D eigenvalue weighted by Gasteiger charge is -2.35. The van der Waals surface area contributed by atoms with Crippen LogP contribution in [0.1, 0.15) is 19.8 Å². The first-order valence-corrected chi connectivity index (χ1v) is 8.23. The molecule has 2 heterocycles. The summed E-state index contributed by atoms with van der Waals surface area (Å²) in [5.74, 6) is 0.964. The number of hydrogen-bond donors (Lipinski definition) is 1. The molecule has 1 aliphatic heterocycles. The number of nitrogens with one attached hydrogen (secondary N) is 1. The van der Waals surface area contributed by atoms with Gasteiger partial charge in [-0.2, -0.15) is 0 Å². The number of hydrogen-bond acceptors (Lipinski definition) is 4. The van der Waals surface area contributed by atoms with Crippen molar-refractivity contribution < 1.29 is 4.74 Å². The molecule has 102 valence electrons. The van der Waals surface area contributed by atoms with Crippen LogP contribution in [-0.4, -0.2) is 39.1 Å². The van der Waals surface area contributed by atoms with Gasteiger partial charge in [-0.25, -0.2) is 9.89 Å². The van der Waals surface area contributed by atoms with Crippen molar-refractivity contribution >= 4 is 27.7 Å². The second-order valence-electron chi connectivity index (χ2n) is 4.59. The van der Waals surface area contributed by atoms with E-state index in [0.29, 0.717) is 6.54 Å². The van der Waals surface area contributed by atoms with E-state index in [9.17, 15) is 4.79 Å². The van der Waals surface area contributed by atoms with Gasteiger partial charge in [-0.1, -0.05) is 27.7 Å². The summed E-state index contributed by atoms with van der Waals surface area (Å²) >= 11 is 5.27. The zero-order chi connectivity index (χ0) is 13.0. The van der Waals surface area contributed by atoms with Crippen LogP contribution < -0.4 is 5.69 Å². The number of H-pyrrole nitrogens is 1.